The second-order valence-corrected chi connectivity index (χ2v) is 3.18. The Hall–Kier alpha value is -1.96. The van der Waals surface area contributed by atoms with Crippen LogP contribution < -0.4 is 4.74 Å². The van der Waals surface area contributed by atoms with Crippen LogP contribution in [-0.4, -0.2) is 5.11 Å². The average Bonchev–Trinajstić information content (AvgIpc) is 2.30. The van der Waals surface area contributed by atoms with E-state index in [0.717, 1.165) is 11.3 Å². The summed E-state index contributed by atoms with van der Waals surface area (Å²) in [5.74, 6) is 0.996. The van der Waals surface area contributed by atoms with Crippen molar-refractivity contribution in [2.45, 2.75) is 6.61 Å². The van der Waals surface area contributed by atoms with E-state index in [1.165, 1.54) is 0 Å². The highest BCUT2D eigenvalue weighted by molar-refractivity contribution is 5.26. The minimum absolute atomic E-state index is 0.269. The normalized spacial score (nSPS) is 9.87. The highest BCUT2D eigenvalue weighted by Crippen LogP contribution is 2.13. The van der Waals surface area contributed by atoms with Crippen molar-refractivity contribution in [1.82, 2.24) is 0 Å². The maximum absolute atomic E-state index is 9.09. The molecule has 2 rings (SSSR count). The van der Waals surface area contributed by atoms with Gasteiger partial charge in [-0.2, -0.15) is 0 Å². The van der Waals surface area contributed by atoms with Crippen molar-refractivity contribution in [3.8, 4) is 11.5 Å². The summed E-state index contributed by atoms with van der Waals surface area (Å²) in [7, 11) is 0. The summed E-state index contributed by atoms with van der Waals surface area (Å²) >= 11 is 0. The van der Waals surface area contributed by atoms with Gasteiger partial charge in [0.1, 0.15) is 18.1 Å². The molecule has 0 aliphatic carbocycles. The van der Waals surface area contributed by atoms with Gasteiger partial charge in [0.15, 0.2) is 0 Å². The van der Waals surface area contributed by atoms with Gasteiger partial charge >= 0.3 is 0 Å². The smallest absolute Gasteiger partial charge is 0.127 e. The molecule has 0 aromatic heterocycles. The number of rotatable bonds is 3. The third-order valence-electron chi connectivity index (χ3n) is 2.01. The number of hydrogen-bond acceptors (Lipinski definition) is 2. The van der Waals surface area contributed by atoms with Crippen LogP contribution >= 0.6 is 0 Å². The Kier molecular flexibility index (Phi) is 2.88. The fourth-order valence-corrected chi connectivity index (χ4v) is 1.22. The van der Waals surface area contributed by atoms with Crippen LogP contribution in [-0.2, 0) is 6.61 Å². The topological polar surface area (TPSA) is 29.5 Å². The molecule has 2 heteroatoms. The van der Waals surface area contributed by atoms with Gasteiger partial charge in [0, 0.05) is 6.07 Å². The van der Waals surface area contributed by atoms with E-state index in [0.29, 0.717) is 6.61 Å². The molecular formula is C13H11O2. The second kappa shape index (κ2) is 4.51. The number of para-hydroxylation sites is 1. The number of ether oxygens (including phenoxy) is 1. The lowest BCUT2D eigenvalue weighted by molar-refractivity contribution is 0.305. The van der Waals surface area contributed by atoms with Crippen molar-refractivity contribution in [2.75, 3.05) is 0 Å². The Morgan fingerprint density at radius 1 is 1.07 bits per heavy atom. The molecule has 0 fully saturated rings. The molecule has 1 radical (unpaired) electrons. The Bertz CT molecular complexity index is 406. The van der Waals surface area contributed by atoms with Gasteiger partial charge in [-0.05, 0) is 23.8 Å². The van der Waals surface area contributed by atoms with Crippen LogP contribution in [0.1, 0.15) is 5.56 Å². The minimum atomic E-state index is 0.269. The van der Waals surface area contributed by atoms with Gasteiger partial charge in [0.2, 0.25) is 0 Å². The third kappa shape index (κ3) is 2.74. The van der Waals surface area contributed by atoms with E-state index in [-0.39, 0.29) is 5.75 Å². The van der Waals surface area contributed by atoms with E-state index in [2.05, 4.69) is 6.07 Å². The molecular weight excluding hydrogens is 188 g/mol. The molecule has 0 amide bonds. The summed E-state index contributed by atoms with van der Waals surface area (Å²) in [6, 6.07) is 17.4. The Balaban J connectivity index is 1.96. The van der Waals surface area contributed by atoms with E-state index < -0.39 is 0 Å². The maximum Gasteiger partial charge on any atom is 0.127 e. The van der Waals surface area contributed by atoms with Crippen LogP contribution in [0.3, 0.4) is 0 Å². The van der Waals surface area contributed by atoms with Crippen LogP contribution in [0.15, 0.2) is 48.5 Å². The number of benzene rings is 2. The molecule has 0 atom stereocenters. The lowest BCUT2D eigenvalue weighted by Crippen LogP contribution is -1.94. The van der Waals surface area contributed by atoms with E-state index in [1.54, 1.807) is 12.1 Å². The van der Waals surface area contributed by atoms with Gasteiger partial charge in [-0.15, -0.1) is 0 Å². The first-order valence-corrected chi connectivity index (χ1v) is 4.72. The number of aromatic hydroxyl groups is 1. The monoisotopic (exact) mass is 199 g/mol. The van der Waals surface area contributed by atoms with Crippen molar-refractivity contribution in [1.29, 1.82) is 0 Å². The summed E-state index contributed by atoms with van der Waals surface area (Å²) in [6.45, 7) is 0.487. The van der Waals surface area contributed by atoms with Gasteiger partial charge in [-0.1, -0.05) is 30.3 Å². The molecule has 0 aliphatic heterocycles. The van der Waals surface area contributed by atoms with Crippen molar-refractivity contribution in [3.05, 3.63) is 60.2 Å². The van der Waals surface area contributed by atoms with Crippen molar-refractivity contribution >= 4 is 0 Å². The van der Waals surface area contributed by atoms with Gasteiger partial charge in [-0.25, -0.2) is 0 Å². The summed E-state index contributed by atoms with van der Waals surface area (Å²) in [6.07, 6.45) is 0. The van der Waals surface area contributed by atoms with Crippen LogP contribution in [0.2, 0.25) is 0 Å². The first-order valence-electron chi connectivity index (χ1n) is 4.72. The Morgan fingerprint density at radius 3 is 2.53 bits per heavy atom. The molecule has 1 N–H and O–H groups in total. The largest absolute Gasteiger partial charge is 0.508 e. The molecule has 0 unspecified atom stereocenters. The summed E-state index contributed by atoms with van der Waals surface area (Å²) < 4.78 is 5.49. The fourth-order valence-electron chi connectivity index (χ4n) is 1.22. The molecule has 15 heavy (non-hydrogen) atoms. The highest BCUT2D eigenvalue weighted by Gasteiger charge is 1.95. The lowest BCUT2D eigenvalue weighted by Gasteiger charge is -2.05. The molecule has 2 nitrogen and oxygen atoms in total. The highest BCUT2D eigenvalue weighted by atomic mass is 16.5. The maximum atomic E-state index is 9.09. The zero-order chi connectivity index (χ0) is 10.5. The van der Waals surface area contributed by atoms with Crippen LogP contribution in [0, 0.1) is 6.07 Å². The third-order valence-corrected chi connectivity index (χ3v) is 2.01. The number of phenols is 1. The zero-order valence-corrected chi connectivity index (χ0v) is 8.18. The van der Waals surface area contributed by atoms with Gasteiger partial charge in [-0.3, -0.25) is 0 Å². The first-order chi connectivity index (χ1) is 7.34. The van der Waals surface area contributed by atoms with Crippen molar-refractivity contribution in [3.63, 3.8) is 0 Å². The molecule has 0 saturated heterocycles. The van der Waals surface area contributed by atoms with Crippen LogP contribution in [0.25, 0.3) is 0 Å². The molecule has 0 bridgehead atoms. The zero-order valence-electron chi connectivity index (χ0n) is 8.18. The molecule has 2 aromatic carbocycles. The summed E-state index contributed by atoms with van der Waals surface area (Å²) in [4.78, 5) is 0. The van der Waals surface area contributed by atoms with Crippen molar-refractivity contribution in [2.24, 2.45) is 0 Å². The Labute approximate surface area is 88.8 Å². The average molecular weight is 199 g/mol. The molecule has 75 valence electrons. The number of hydrogen-bond donors (Lipinski definition) is 1. The van der Waals surface area contributed by atoms with Crippen LogP contribution in [0.4, 0.5) is 0 Å². The van der Waals surface area contributed by atoms with Gasteiger partial charge in [0.25, 0.3) is 0 Å². The van der Waals surface area contributed by atoms with E-state index >= 15 is 0 Å². The molecule has 0 spiro atoms. The SMILES string of the molecule is Oc1ccc(COc2[c]cccc2)cc1. The standard InChI is InChI=1S/C13H11O2/c14-12-8-6-11(7-9-12)10-15-13-4-2-1-3-5-13/h1-4,6-9,14H,10H2. The Morgan fingerprint density at radius 2 is 1.87 bits per heavy atom. The minimum Gasteiger partial charge on any atom is -0.508 e. The fraction of sp³-hybridized carbons (Fsp3) is 0.0769. The van der Waals surface area contributed by atoms with Gasteiger partial charge < -0.3 is 9.84 Å². The lowest BCUT2D eigenvalue weighted by atomic mass is 10.2. The molecule has 0 saturated carbocycles. The summed E-state index contributed by atoms with van der Waals surface area (Å²) in [5, 5.41) is 9.09. The van der Waals surface area contributed by atoms with Crippen molar-refractivity contribution < 1.29 is 9.84 Å². The molecule has 2 aromatic rings. The predicted octanol–water partition coefficient (Wildman–Crippen LogP) is 2.77. The molecule has 0 heterocycles. The van der Waals surface area contributed by atoms with Gasteiger partial charge in [0.05, 0.1) is 0 Å². The predicted molar refractivity (Wildman–Crippen MR) is 57.7 cm³/mol. The second-order valence-electron chi connectivity index (χ2n) is 3.18. The number of phenolic OH excluding ortho intramolecular Hbond substituents is 1. The first kappa shape index (κ1) is 9.59. The molecule has 0 aliphatic rings. The van der Waals surface area contributed by atoms with E-state index in [1.807, 2.05) is 36.4 Å². The van der Waals surface area contributed by atoms with Crippen LogP contribution in [0.5, 0.6) is 11.5 Å². The quantitative estimate of drug-likeness (QED) is 0.823. The van der Waals surface area contributed by atoms with E-state index in [4.69, 9.17) is 9.84 Å². The summed E-state index contributed by atoms with van der Waals surface area (Å²) in [5.41, 5.74) is 1.02. The van der Waals surface area contributed by atoms with E-state index in [9.17, 15) is 0 Å².